The Balaban J connectivity index is -0.00000000222. The SMILES string of the molecule is O.O.O.O.O.O.O.O=S(=O)(O)O.[H-].[Na+]. The van der Waals surface area contributed by atoms with Gasteiger partial charge in [-0.1, -0.05) is 0 Å². The molecule has 0 amide bonds. The summed E-state index contributed by atoms with van der Waals surface area (Å²) in [7, 11) is -4.67. The minimum Gasteiger partial charge on any atom is -1.00 e. The third-order valence-corrected chi connectivity index (χ3v) is 0. The molecule has 0 aliphatic carbocycles. The summed E-state index contributed by atoms with van der Waals surface area (Å²) in [4.78, 5) is 0. The van der Waals surface area contributed by atoms with E-state index in [1.165, 1.54) is 0 Å². The molecule has 0 unspecified atom stereocenters. The molecule has 0 radical (unpaired) electrons. The summed E-state index contributed by atoms with van der Waals surface area (Å²) in [5.41, 5.74) is 0. The van der Waals surface area contributed by atoms with Crippen LogP contribution in [0.2, 0.25) is 0 Å². The Hall–Kier alpha value is 0.590. The van der Waals surface area contributed by atoms with Crippen molar-refractivity contribution in [2.24, 2.45) is 0 Å². The second-order valence-corrected chi connectivity index (χ2v) is 1.34. The van der Waals surface area contributed by atoms with Crippen molar-refractivity contribution in [2.45, 2.75) is 0 Å². The molecule has 13 heteroatoms. The van der Waals surface area contributed by atoms with Gasteiger partial charge in [-0.05, 0) is 0 Å². The van der Waals surface area contributed by atoms with Gasteiger partial charge in [0.1, 0.15) is 0 Å². The molecular weight excluding hydrogens is 231 g/mol. The van der Waals surface area contributed by atoms with Gasteiger partial charge in [0.2, 0.25) is 0 Å². The fourth-order valence-electron chi connectivity index (χ4n) is 0. The zero-order valence-electron chi connectivity index (χ0n) is 7.62. The smallest absolute Gasteiger partial charge is 1.00 e. The first-order valence-electron chi connectivity index (χ1n) is 0.698. The van der Waals surface area contributed by atoms with Gasteiger partial charge in [0.05, 0.1) is 0 Å². The fraction of sp³-hybridized carbons (Fsp3) is 0. The second-order valence-electron chi connectivity index (χ2n) is 0.448. The van der Waals surface area contributed by atoms with E-state index in [1.54, 1.807) is 0 Å². The van der Waals surface area contributed by atoms with Crippen LogP contribution in [0.1, 0.15) is 1.43 Å². The van der Waals surface area contributed by atoms with Crippen molar-refractivity contribution >= 4 is 10.4 Å². The maximum absolute atomic E-state index is 8.74. The van der Waals surface area contributed by atoms with Crippen LogP contribution in [0.15, 0.2) is 0 Å². The zero-order valence-corrected chi connectivity index (χ0v) is 9.44. The van der Waals surface area contributed by atoms with E-state index in [0.29, 0.717) is 0 Å². The first kappa shape index (κ1) is 102. The van der Waals surface area contributed by atoms with Crippen LogP contribution >= 0.6 is 0 Å². The van der Waals surface area contributed by atoms with Crippen LogP contribution in [0.3, 0.4) is 0 Å². The van der Waals surface area contributed by atoms with Gasteiger partial charge in [-0.15, -0.1) is 0 Å². The van der Waals surface area contributed by atoms with Gasteiger partial charge >= 0.3 is 40.0 Å². The van der Waals surface area contributed by atoms with Crippen LogP contribution < -0.4 is 29.6 Å². The molecule has 0 heterocycles. The van der Waals surface area contributed by atoms with Gasteiger partial charge in [-0.25, -0.2) is 0 Å². The predicted octanol–water partition coefficient (Wildman–Crippen LogP) is -9.31. The third-order valence-electron chi connectivity index (χ3n) is 0. The first-order valence-corrected chi connectivity index (χ1v) is 2.10. The Morgan fingerprint density at radius 3 is 0.692 bits per heavy atom. The maximum Gasteiger partial charge on any atom is 1.00 e. The van der Waals surface area contributed by atoms with E-state index < -0.39 is 10.4 Å². The van der Waals surface area contributed by atoms with E-state index in [1.807, 2.05) is 0 Å². The largest absolute Gasteiger partial charge is 1.00 e. The molecule has 0 saturated carbocycles. The third kappa shape index (κ3) is 4060. The summed E-state index contributed by atoms with van der Waals surface area (Å²) in [6.45, 7) is 0. The second kappa shape index (κ2) is 38.9. The summed E-state index contributed by atoms with van der Waals surface area (Å²) < 4.78 is 31.6. The molecule has 0 saturated heterocycles. The normalized spacial score (nSPS) is 4.46. The molecule has 0 fully saturated rings. The van der Waals surface area contributed by atoms with Crippen molar-refractivity contribution in [3.63, 3.8) is 0 Å². The summed E-state index contributed by atoms with van der Waals surface area (Å²) in [5.74, 6) is 0. The van der Waals surface area contributed by atoms with E-state index in [9.17, 15) is 0 Å². The van der Waals surface area contributed by atoms with Crippen LogP contribution in [0.5, 0.6) is 0 Å². The number of rotatable bonds is 0. The Morgan fingerprint density at radius 1 is 0.692 bits per heavy atom. The van der Waals surface area contributed by atoms with E-state index in [4.69, 9.17) is 17.5 Å². The molecule has 0 spiro atoms. The summed E-state index contributed by atoms with van der Waals surface area (Å²) >= 11 is 0. The quantitative estimate of drug-likeness (QED) is 0.311. The van der Waals surface area contributed by atoms with Gasteiger partial charge in [0, 0.05) is 0 Å². The van der Waals surface area contributed by atoms with Crippen molar-refractivity contribution in [3.8, 4) is 0 Å². The van der Waals surface area contributed by atoms with E-state index >= 15 is 0 Å². The zero-order chi connectivity index (χ0) is 4.50. The van der Waals surface area contributed by atoms with Gasteiger partial charge in [-0.2, -0.15) is 8.42 Å². The molecular formula is H17NaO11S. The number of hydrogen-bond acceptors (Lipinski definition) is 2. The van der Waals surface area contributed by atoms with Crippen molar-refractivity contribution in [1.29, 1.82) is 0 Å². The Morgan fingerprint density at radius 2 is 0.692 bits per heavy atom. The van der Waals surface area contributed by atoms with Gasteiger partial charge in [0.15, 0.2) is 0 Å². The average molecular weight is 248 g/mol. The molecule has 11 nitrogen and oxygen atoms in total. The van der Waals surface area contributed by atoms with Crippen LogP contribution in [-0.4, -0.2) is 55.9 Å². The van der Waals surface area contributed by atoms with Crippen molar-refractivity contribution in [3.05, 3.63) is 0 Å². The van der Waals surface area contributed by atoms with E-state index in [2.05, 4.69) is 0 Å². The average Bonchev–Trinajstić information content (AvgIpc) is 0.722. The maximum atomic E-state index is 8.74. The van der Waals surface area contributed by atoms with E-state index in [-0.39, 0.29) is 69.3 Å². The van der Waals surface area contributed by atoms with Crippen LogP contribution in [-0.2, 0) is 10.4 Å². The summed E-state index contributed by atoms with van der Waals surface area (Å²) in [6.07, 6.45) is 0. The molecule has 90 valence electrons. The predicted molar refractivity (Wildman–Crippen MR) is 40.6 cm³/mol. The molecule has 0 aliphatic rings. The molecule has 0 bridgehead atoms. The molecule has 0 aliphatic heterocycles. The molecule has 0 aromatic rings. The molecule has 0 aromatic carbocycles. The fourth-order valence-corrected chi connectivity index (χ4v) is 0. The van der Waals surface area contributed by atoms with Crippen LogP contribution in [0.4, 0.5) is 0 Å². The standard InChI is InChI=1S/Na.H2O4S.7H2O.H/c;1-5(2,3)4;;;;;;;;/h;(H2,1,2,3,4);7*1H2;/q+1;;;;;;;;;-1. The topological polar surface area (TPSA) is 295 Å². The van der Waals surface area contributed by atoms with Gasteiger partial charge < -0.3 is 39.8 Å². The van der Waals surface area contributed by atoms with E-state index in [0.717, 1.165) is 0 Å². The van der Waals surface area contributed by atoms with Crippen LogP contribution in [0.25, 0.3) is 0 Å². The summed E-state index contributed by atoms with van der Waals surface area (Å²) in [6, 6.07) is 0. The van der Waals surface area contributed by atoms with Gasteiger partial charge in [0.25, 0.3) is 0 Å². The van der Waals surface area contributed by atoms with Gasteiger partial charge in [-0.3, -0.25) is 9.11 Å². The Kier molecular flexibility index (Phi) is 306. The number of hydrogen-bond donors (Lipinski definition) is 2. The Bertz CT molecular complexity index is 98.5. The monoisotopic (exact) mass is 248 g/mol. The minimum atomic E-state index is -4.67. The van der Waals surface area contributed by atoms with Crippen molar-refractivity contribution < 1.29 is 86.8 Å². The molecule has 0 atom stereocenters. The minimum absolute atomic E-state index is 0. The van der Waals surface area contributed by atoms with Crippen LogP contribution in [0, 0.1) is 0 Å². The molecule has 0 aromatic heterocycles. The first-order chi connectivity index (χ1) is 2.00. The van der Waals surface area contributed by atoms with Crippen molar-refractivity contribution in [1.82, 2.24) is 0 Å². The molecule has 16 N–H and O–H groups in total. The van der Waals surface area contributed by atoms with Crippen molar-refractivity contribution in [2.75, 3.05) is 0 Å². The molecule has 0 rings (SSSR count). The Labute approximate surface area is 97.3 Å². The summed E-state index contributed by atoms with van der Waals surface area (Å²) in [5, 5.41) is 0. The molecule has 13 heavy (non-hydrogen) atoms.